The number of piperidine rings is 1. The first kappa shape index (κ1) is 20.2. The van der Waals surface area contributed by atoms with E-state index in [-0.39, 0.29) is 5.91 Å². The lowest BCUT2D eigenvalue weighted by Crippen LogP contribution is -2.37. The van der Waals surface area contributed by atoms with E-state index in [9.17, 15) is 4.79 Å². The zero-order chi connectivity index (χ0) is 19.9. The molecule has 2 saturated heterocycles. The third kappa shape index (κ3) is 6.18. The lowest BCUT2D eigenvalue weighted by atomic mass is 9.92. The van der Waals surface area contributed by atoms with Gasteiger partial charge in [0.15, 0.2) is 0 Å². The normalized spacial score (nSPS) is 21.4. The van der Waals surface area contributed by atoms with Gasteiger partial charge in [0, 0.05) is 44.2 Å². The van der Waals surface area contributed by atoms with Gasteiger partial charge in [-0.2, -0.15) is 0 Å². The quantitative estimate of drug-likeness (QED) is 0.741. The minimum absolute atomic E-state index is 0.234. The summed E-state index contributed by atoms with van der Waals surface area (Å²) in [5.41, 5.74) is 2.60. The molecule has 0 unspecified atom stereocenters. The number of likely N-dealkylation sites (tertiary alicyclic amines) is 2. The van der Waals surface area contributed by atoms with Crippen LogP contribution < -0.4 is 5.32 Å². The van der Waals surface area contributed by atoms with Crippen LogP contribution in [0, 0.1) is 5.92 Å². The van der Waals surface area contributed by atoms with Gasteiger partial charge in [0.1, 0.15) is 0 Å². The maximum atomic E-state index is 12.4. The molecule has 0 aliphatic carbocycles. The second-order valence-electron chi connectivity index (χ2n) is 8.66. The highest BCUT2D eigenvalue weighted by Crippen LogP contribution is 2.23. The fraction of sp³-hybridized carbons (Fsp3) is 0.542. The van der Waals surface area contributed by atoms with Crippen LogP contribution in [0.4, 0.5) is 0 Å². The van der Waals surface area contributed by atoms with E-state index in [4.69, 9.17) is 4.42 Å². The minimum atomic E-state index is 0.234. The van der Waals surface area contributed by atoms with Crippen molar-refractivity contribution in [3.63, 3.8) is 0 Å². The molecule has 29 heavy (non-hydrogen) atoms. The fourth-order valence-corrected chi connectivity index (χ4v) is 4.64. The van der Waals surface area contributed by atoms with Crippen LogP contribution in [0.1, 0.15) is 43.2 Å². The number of hydrogen-bond donors (Lipinski definition) is 1. The topological polar surface area (TPSA) is 48.7 Å². The molecule has 0 saturated carbocycles. The molecule has 5 heteroatoms. The van der Waals surface area contributed by atoms with Gasteiger partial charge in [-0.3, -0.25) is 14.6 Å². The van der Waals surface area contributed by atoms with Crippen LogP contribution >= 0.6 is 0 Å². The van der Waals surface area contributed by atoms with E-state index in [1.807, 2.05) is 12.3 Å². The van der Waals surface area contributed by atoms with Crippen LogP contribution in [0.25, 0.3) is 0 Å². The standard InChI is InChI=1S/C24H33N3O2/c28-24(25-23-10-14-27(18-23)16-21-4-2-1-3-5-21)7-6-20-8-12-26(13-9-20)17-22-11-15-29-19-22/h1-5,11,15,19-20,23H,6-10,12-14,16-18H2,(H,25,28)/t23-/m1/s1. The number of furan rings is 1. The Bertz CT molecular complexity index is 739. The van der Waals surface area contributed by atoms with E-state index < -0.39 is 0 Å². The Balaban J connectivity index is 1.10. The maximum Gasteiger partial charge on any atom is 0.220 e. The Morgan fingerprint density at radius 3 is 2.48 bits per heavy atom. The van der Waals surface area contributed by atoms with E-state index in [1.165, 1.54) is 24.0 Å². The van der Waals surface area contributed by atoms with E-state index in [2.05, 4.69) is 45.4 Å². The summed E-state index contributed by atoms with van der Waals surface area (Å²) in [7, 11) is 0. The molecule has 1 aromatic heterocycles. The number of hydrogen-bond acceptors (Lipinski definition) is 4. The maximum absolute atomic E-state index is 12.4. The molecule has 2 fully saturated rings. The molecular formula is C24H33N3O2. The van der Waals surface area contributed by atoms with Gasteiger partial charge >= 0.3 is 0 Å². The zero-order valence-corrected chi connectivity index (χ0v) is 17.3. The number of benzene rings is 1. The number of rotatable bonds is 8. The lowest BCUT2D eigenvalue weighted by molar-refractivity contribution is -0.122. The summed E-state index contributed by atoms with van der Waals surface area (Å²) < 4.78 is 5.16. The van der Waals surface area contributed by atoms with Crippen molar-refractivity contribution in [3.8, 4) is 0 Å². The molecule has 0 bridgehead atoms. The van der Waals surface area contributed by atoms with E-state index in [0.29, 0.717) is 18.4 Å². The van der Waals surface area contributed by atoms with Crippen molar-refractivity contribution in [1.29, 1.82) is 0 Å². The molecule has 0 spiro atoms. The number of amides is 1. The van der Waals surface area contributed by atoms with E-state index in [1.54, 1.807) is 6.26 Å². The second-order valence-corrected chi connectivity index (χ2v) is 8.66. The van der Waals surface area contributed by atoms with Crippen LogP contribution in [-0.2, 0) is 17.9 Å². The molecule has 2 aromatic rings. The summed E-state index contributed by atoms with van der Waals surface area (Å²) in [4.78, 5) is 17.4. The van der Waals surface area contributed by atoms with Gasteiger partial charge in [-0.05, 0) is 56.3 Å². The smallest absolute Gasteiger partial charge is 0.220 e. The van der Waals surface area contributed by atoms with Gasteiger partial charge in [-0.1, -0.05) is 30.3 Å². The lowest BCUT2D eigenvalue weighted by Gasteiger charge is -2.31. The fourth-order valence-electron chi connectivity index (χ4n) is 4.64. The monoisotopic (exact) mass is 395 g/mol. The molecule has 3 heterocycles. The van der Waals surface area contributed by atoms with Gasteiger partial charge < -0.3 is 9.73 Å². The van der Waals surface area contributed by atoms with Gasteiger partial charge in [0.25, 0.3) is 0 Å². The molecule has 0 radical (unpaired) electrons. The number of carbonyl (C=O) groups excluding carboxylic acids is 1. The van der Waals surface area contributed by atoms with Crippen LogP contribution in [0.2, 0.25) is 0 Å². The third-order valence-corrected chi connectivity index (χ3v) is 6.36. The summed E-state index contributed by atoms with van der Waals surface area (Å²) >= 11 is 0. The number of carbonyl (C=O) groups is 1. The first-order valence-electron chi connectivity index (χ1n) is 11.0. The predicted octanol–water partition coefficient (Wildman–Crippen LogP) is 3.66. The molecule has 2 aliphatic heterocycles. The van der Waals surface area contributed by atoms with Crippen LogP contribution in [0.5, 0.6) is 0 Å². The average molecular weight is 396 g/mol. The summed E-state index contributed by atoms with van der Waals surface area (Å²) in [6, 6.07) is 12.9. The highest BCUT2D eigenvalue weighted by Gasteiger charge is 2.25. The van der Waals surface area contributed by atoms with Crippen LogP contribution in [0.3, 0.4) is 0 Å². The van der Waals surface area contributed by atoms with E-state index in [0.717, 1.165) is 52.1 Å². The molecule has 1 atom stereocenters. The largest absolute Gasteiger partial charge is 0.472 e. The summed E-state index contributed by atoms with van der Waals surface area (Å²) in [6.07, 6.45) is 8.71. The van der Waals surface area contributed by atoms with Gasteiger partial charge in [0.2, 0.25) is 5.91 Å². The third-order valence-electron chi connectivity index (χ3n) is 6.36. The van der Waals surface area contributed by atoms with Crippen molar-refractivity contribution in [3.05, 3.63) is 60.1 Å². The zero-order valence-electron chi connectivity index (χ0n) is 17.3. The molecule has 4 rings (SSSR count). The molecule has 2 aliphatic rings. The first-order valence-corrected chi connectivity index (χ1v) is 11.0. The van der Waals surface area contributed by atoms with Crippen LogP contribution in [0.15, 0.2) is 53.3 Å². The minimum Gasteiger partial charge on any atom is -0.472 e. The summed E-state index contributed by atoms with van der Waals surface area (Å²) in [5, 5.41) is 3.27. The Kier molecular flexibility index (Phi) is 7.01. The van der Waals surface area contributed by atoms with Crippen molar-refractivity contribution in [2.24, 2.45) is 5.92 Å². The Morgan fingerprint density at radius 1 is 0.966 bits per heavy atom. The Hall–Kier alpha value is -2.11. The summed E-state index contributed by atoms with van der Waals surface area (Å²) in [6.45, 7) is 6.22. The van der Waals surface area contributed by atoms with E-state index >= 15 is 0 Å². The van der Waals surface area contributed by atoms with Gasteiger partial charge in [-0.15, -0.1) is 0 Å². The molecule has 1 aromatic carbocycles. The van der Waals surface area contributed by atoms with Gasteiger partial charge in [-0.25, -0.2) is 0 Å². The van der Waals surface area contributed by atoms with Crippen LogP contribution in [-0.4, -0.2) is 47.9 Å². The number of nitrogens with zero attached hydrogens (tertiary/aromatic N) is 2. The van der Waals surface area contributed by atoms with Crippen molar-refractivity contribution in [2.75, 3.05) is 26.2 Å². The van der Waals surface area contributed by atoms with Crippen molar-refractivity contribution in [2.45, 2.75) is 51.2 Å². The molecule has 156 valence electrons. The SMILES string of the molecule is O=C(CCC1CCN(Cc2ccoc2)CC1)N[C@@H]1CCN(Cc2ccccc2)C1. The van der Waals surface area contributed by atoms with Crippen molar-refractivity contribution in [1.82, 2.24) is 15.1 Å². The first-order chi connectivity index (χ1) is 14.2. The Labute approximate surface area is 174 Å². The summed E-state index contributed by atoms with van der Waals surface area (Å²) in [5.74, 6) is 0.914. The molecule has 1 N–H and O–H groups in total. The van der Waals surface area contributed by atoms with Gasteiger partial charge in [0.05, 0.1) is 12.5 Å². The average Bonchev–Trinajstić information content (AvgIpc) is 3.40. The Morgan fingerprint density at radius 2 is 1.72 bits per heavy atom. The predicted molar refractivity (Wildman–Crippen MR) is 114 cm³/mol. The van der Waals surface area contributed by atoms with Crippen molar-refractivity contribution < 1.29 is 9.21 Å². The molecule has 1 amide bonds. The molecule has 5 nitrogen and oxygen atoms in total. The number of nitrogens with one attached hydrogen (secondary N) is 1. The van der Waals surface area contributed by atoms with Crippen molar-refractivity contribution >= 4 is 5.91 Å². The highest BCUT2D eigenvalue weighted by atomic mass is 16.3. The second kappa shape index (κ2) is 10.1. The highest BCUT2D eigenvalue weighted by molar-refractivity contribution is 5.76. The molecular weight excluding hydrogens is 362 g/mol.